The average Bonchev–Trinajstić information content (AvgIpc) is 2.83. The Balaban J connectivity index is 1.54. The second-order valence-corrected chi connectivity index (χ2v) is 7.67. The van der Waals surface area contributed by atoms with Crippen LogP contribution in [0.15, 0.2) is 48.5 Å². The number of non-ortho nitro benzene ring substituents is 1. The zero-order valence-electron chi connectivity index (χ0n) is 17.4. The molecule has 10 nitrogen and oxygen atoms in total. The molecule has 0 radical (unpaired) electrons. The lowest BCUT2D eigenvalue weighted by molar-refractivity contribution is -0.384. The predicted octanol–water partition coefficient (Wildman–Crippen LogP) is 3.41. The Hall–Kier alpha value is -4.23. The Kier molecular flexibility index (Phi) is 6.33. The normalized spacial score (nSPS) is 14.1. The van der Waals surface area contributed by atoms with Crippen molar-refractivity contribution in [2.45, 2.75) is 0 Å². The van der Waals surface area contributed by atoms with Crippen molar-refractivity contribution in [1.29, 1.82) is 5.26 Å². The molecule has 11 heteroatoms. The van der Waals surface area contributed by atoms with E-state index in [0.717, 1.165) is 5.69 Å². The molecule has 0 unspecified atom stereocenters. The smallest absolute Gasteiger partial charge is 0.269 e. The Labute approximate surface area is 194 Å². The van der Waals surface area contributed by atoms with Crippen molar-refractivity contribution in [2.75, 3.05) is 41.7 Å². The third-order valence-corrected chi connectivity index (χ3v) is 5.49. The van der Waals surface area contributed by atoms with Gasteiger partial charge in [-0.3, -0.25) is 10.1 Å². The second-order valence-electron chi connectivity index (χ2n) is 7.26. The number of hydrogen-bond donors (Lipinski definition) is 1. The molecule has 2 aromatic carbocycles. The molecule has 0 aliphatic carbocycles. The number of rotatable bonds is 5. The molecule has 1 fully saturated rings. The number of anilines is 3. The lowest BCUT2D eigenvalue weighted by atomic mass is 10.1. The summed E-state index contributed by atoms with van der Waals surface area (Å²) in [5.74, 6) is 0.543. The van der Waals surface area contributed by atoms with E-state index in [0.29, 0.717) is 42.7 Å². The minimum Gasteiger partial charge on any atom is -0.368 e. The Morgan fingerprint density at radius 1 is 1.06 bits per heavy atom. The van der Waals surface area contributed by atoms with Gasteiger partial charge in [-0.15, -0.1) is 0 Å². The van der Waals surface area contributed by atoms with Crippen molar-refractivity contribution < 1.29 is 4.92 Å². The number of nitro groups is 1. The fourth-order valence-electron chi connectivity index (χ4n) is 3.50. The van der Waals surface area contributed by atoms with E-state index in [-0.39, 0.29) is 23.0 Å². The van der Waals surface area contributed by atoms with E-state index >= 15 is 0 Å². The maximum Gasteiger partial charge on any atom is 0.269 e. The molecule has 2 N–H and O–H groups in total. The van der Waals surface area contributed by atoms with Gasteiger partial charge in [0.1, 0.15) is 6.07 Å². The molecule has 0 amide bonds. The van der Waals surface area contributed by atoms with Crippen molar-refractivity contribution >= 4 is 46.5 Å². The molecule has 1 aromatic heterocycles. The first-order valence-electron chi connectivity index (χ1n) is 10.1. The van der Waals surface area contributed by atoms with Crippen molar-refractivity contribution in [3.05, 3.63) is 75.1 Å². The van der Waals surface area contributed by atoms with Crippen LogP contribution in [0.3, 0.4) is 0 Å². The summed E-state index contributed by atoms with van der Waals surface area (Å²) in [5, 5.41) is 21.2. The molecule has 0 saturated carbocycles. The van der Waals surface area contributed by atoms with Crippen LogP contribution in [0.4, 0.5) is 23.3 Å². The summed E-state index contributed by atoms with van der Waals surface area (Å²) in [6.07, 6.45) is 1.55. The summed E-state index contributed by atoms with van der Waals surface area (Å²) >= 11 is 6.32. The van der Waals surface area contributed by atoms with Gasteiger partial charge in [0.15, 0.2) is 5.82 Å². The van der Waals surface area contributed by atoms with Crippen molar-refractivity contribution in [3.8, 4) is 6.07 Å². The maximum atomic E-state index is 10.8. The van der Waals surface area contributed by atoms with Gasteiger partial charge in [-0.25, -0.2) is 0 Å². The SMILES string of the molecule is N#CC(=Cc1ccc([N+](=O)[O-])cc1)c1nc(N)nc(N2CCN(c3ccccc3Cl)CC2)n1. The summed E-state index contributed by atoms with van der Waals surface area (Å²) in [4.78, 5) is 27.4. The number of para-hydroxylation sites is 1. The van der Waals surface area contributed by atoms with Gasteiger partial charge in [-0.2, -0.15) is 20.2 Å². The van der Waals surface area contributed by atoms with Crippen molar-refractivity contribution in [3.63, 3.8) is 0 Å². The number of nitrogens with zero attached hydrogens (tertiary/aromatic N) is 7. The van der Waals surface area contributed by atoms with Crippen LogP contribution in [-0.2, 0) is 0 Å². The number of hydrogen-bond acceptors (Lipinski definition) is 9. The number of piperazine rings is 1. The molecular weight excluding hydrogens is 444 g/mol. The number of nitriles is 1. The van der Waals surface area contributed by atoms with Crippen LogP contribution < -0.4 is 15.5 Å². The fourth-order valence-corrected chi connectivity index (χ4v) is 3.76. The fraction of sp³-hybridized carbons (Fsp3) is 0.182. The van der Waals surface area contributed by atoms with E-state index < -0.39 is 4.92 Å². The lowest BCUT2D eigenvalue weighted by Gasteiger charge is -2.36. The van der Waals surface area contributed by atoms with Gasteiger partial charge in [0.05, 0.1) is 21.2 Å². The molecule has 1 aliphatic rings. The third kappa shape index (κ3) is 4.99. The lowest BCUT2D eigenvalue weighted by Crippen LogP contribution is -2.47. The minimum absolute atomic E-state index is 0.00776. The number of benzene rings is 2. The molecule has 1 saturated heterocycles. The molecule has 3 aromatic rings. The number of aromatic nitrogens is 3. The number of nitrogens with two attached hydrogens (primary N) is 1. The average molecular weight is 463 g/mol. The number of nitrogen functional groups attached to an aromatic ring is 1. The first-order valence-corrected chi connectivity index (χ1v) is 10.4. The number of allylic oxidation sites excluding steroid dienone is 1. The topological polar surface area (TPSA) is 138 Å². The predicted molar refractivity (Wildman–Crippen MR) is 127 cm³/mol. The van der Waals surface area contributed by atoms with Gasteiger partial charge in [0.25, 0.3) is 5.69 Å². The van der Waals surface area contributed by atoms with Gasteiger partial charge >= 0.3 is 0 Å². The van der Waals surface area contributed by atoms with E-state index in [1.165, 1.54) is 12.1 Å². The first kappa shape index (κ1) is 22.0. The molecule has 166 valence electrons. The molecule has 2 heterocycles. The zero-order valence-corrected chi connectivity index (χ0v) is 18.2. The second kappa shape index (κ2) is 9.50. The highest BCUT2D eigenvalue weighted by Crippen LogP contribution is 2.27. The minimum atomic E-state index is -0.483. The standard InChI is InChI=1S/C22H19ClN8O2/c23-18-3-1-2-4-19(18)29-9-11-30(12-10-29)22-27-20(26-21(25)28-22)16(14-24)13-15-5-7-17(8-6-15)31(32)33/h1-8,13H,9-12H2,(H2,25,26,27,28). The highest BCUT2D eigenvalue weighted by Gasteiger charge is 2.22. The molecular formula is C22H19ClN8O2. The first-order chi connectivity index (χ1) is 15.9. The summed E-state index contributed by atoms with van der Waals surface area (Å²) < 4.78 is 0. The quantitative estimate of drug-likeness (QED) is 0.343. The summed E-state index contributed by atoms with van der Waals surface area (Å²) in [7, 11) is 0. The third-order valence-electron chi connectivity index (χ3n) is 5.17. The van der Waals surface area contributed by atoms with E-state index in [1.807, 2.05) is 29.2 Å². The van der Waals surface area contributed by atoms with Crippen LogP contribution in [0.5, 0.6) is 0 Å². The zero-order chi connectivity index (χ0) is 23.4. The van der Waals surface area contributed by atoms with Crippen LogP contribution in [0.1, 0.15) is 11.4 Å². The Morgan fingerprint density at radius 2 is 1.73 bits per heavy atom. The van der Waals surface area contributed by atoms with Gasteiger partial charge < -0.3 is 15.5 Å². The van der Waals surface area contributed by atoms with Crippen LogP contribution in [-0.4, -0.2) is 46.1 Å². The van der Waals surface area contributed by atoms with E-state index in [9.17, 15) is 15.4 Å². The van der Waals surface area contributed by atoms with Gasteiger partial charge in [-0.05, 0) is 35.9 Å². The highest BCUT2D eigenvalue weighted by molar-refractivity contribution is 6.33. The van der Waals surface area contributed by atoms with E-state index in [4.69, 9.17) is 17.3 Å². The summed E-state index contributed by atoms with van der Waals surface area (Å²) in [6, 6.07) is 15.6. The van der Waals surface area contributed by atoms with Crippen LogP contribution in [0.2, 0.25) is 5.02 Å². The largest absolute Gasteiger partial charge is 0.368 e. The van der Waals surface area contributed by atoms with Gasteiger partial charge in [-0.1, -0.05) is 23.7 Å². The number of nitro benzene ring substituents is 1. The van der Waals surface area contributed by atoms with Crippen molar-refractivity contribution in [2.24, 2.45) is 0 Å². The molecule has 33 heavy (non-hydrogen) atoms. The van der Waals surface area contributed by atoms with Crippen molar-refractivity contribution in [1.82, 2.24) is 15.0 Å². The molecule has 0 bridgehead atoms. The summed E-state index contributed by atoms with van der Waals surface area (Å²) in [5.41, 5.74) is 7.64. The van der Waals surface area contributed by atoms with Crippen LogP contribution in [0.25, 0.3) is 11.6 Å². The molecule has 4 rings (SSSR count). The highest BCUT2D eigenvalue weighted by atomic mass is 35.5. The number of halogens is 1. The van der Waals surface area contributed by atoms with E-state index in [2.05, 4.69) is 25.9 Å². The van der Waals surface area contributed by atoms with Crippen LogP contribution in [0, 0.1) is 21.4 Å². The molecule has 0 atom stereocenters. The maximum absolute atomic E-state index is 10.8. The Bertz CT molecular complexity index is 1250. The van der Waals surface area contributed by atoms with Gasteiger partial charge in [0, 0.05) is 38.3 Å². The molecule has 1 aliphatic heterocycles. The van der Waals surface area contributed by atoms with Gasteiger partial charge in [0.2, 0.25) is 11.9 Å². The molecule has 0 spiro atoms. The summed E-state index contributed by atoms with van der Waals surface area (Å²) in [6.45, 7) is 2.72. The van der Waals surface area contributed by atoms with E-state index in [1.54, 1.807) is 18.2 Å². The van der Waals surface area contributed by atoms with Crippen LogP contribution >= 0.6 is 11.6 Å². The Morgan fingerprint density at radius 3 is 2.36 bits per heavy atom. The monoisotopic (exact) mass is 462 g/mol.